The highest BCUT2D eigenvalue weighted by Gasteiger charge is 2.19. The maximum Gasteiger partial charge on any atom is 0.270 e. The van der Waals surface area contributed by atoms with Crippen LogP contribution in [0.15, 0.2) is 48.7 Å². The largest absolute Gasteiger partial charge is 0.351 e. The molecule has 1 amide bonds. The molecule has 0 bridgehead atoms. The molecular weight excluding hydrogens is 334 g/mol. The van der Waals surface area contributed by atoms with Gasteiger partial charge in [-0.25, -0.2) is 4.68 Å². The smallest absolute Gasteiger partial charge is 0.270 e. The molecule has 134 valence electrons. The molecule has 0 aliphatic rings. The van der Waals surface area contributed by atoms with E-state index in [4.69, 9.17) is 0 Å². The second-order valence-electron chi connectivity index (χ2n) is 5.86. The number of benzene rings is 1. The first kappa shape index (κ1) is 17.4. The van der Waals surface area contributed by atoms with Gasteiger partial charge in [-0.3, -0.25) is 14.9 Å². The molecule has 1 N–H and O–H groups in total. The number of nitrogens with zero attached hydrogens (tertiary/aromatic N) is 4. The van der Waals surface area contributed by atoms with E-state index >= 15 is 0 Å². The number of aryl methyl sites for hydroxylation is 1. The Balaban J connectivity index is 2.06. The lowest BCUT2D eigenvalue weighted by Crippen LogP contribution is -2.26. The maximum absolute atomic E-state index is 12.6. The third-order valence-corrected chi connectivity index (χ3v) is 3.99. The summed E-state index contributed by atoms with van der Waals surface area (Å²) in [7, 11) is 1.90. The number of nitro groups is 1. The van der Waals surface area contributed by atoms with E-state index in [-0.39, 0.29) is 11.6 Å². The summed E-state index contributed by atoms with van der Waals surface area (Å²) in [5.74, 6) is -0.238. The Labute approximate surface area is 150 Å². The Morgan fingerprint density at radius 3 is 2.58 bits per heavy atom. The van der Waals surface area contributed by atoms with Crippen molar-refractivity contribution >= 4 is 11.6 Å². The molecule has 1 aromatic carbocycles. The highest BCUT2D eigenvalue weighted by atomic mass is 16.6. The van der Waals surface area contributed by atoms with Crippen LogP contribution in [0.5, 0.6) is 0 Å². The van der Waals surface area contributed by atoms with E-state index in [1.807, 2.05) is 36.9 Å². The molecule has 0 saturated heterocycles. The summed E-state index contributed by atoms with van der Waals surface area (Å²) in [5.41, 5.74) is 2.47. The van der Waals surface area contributed by atoms with Crippen molar-refractivity contribution in [1.82, 2.24) is 19.7 Å². The monoisotopic (exact) mass is 353 g/mol. The van der Waals surface area contributed by atoms with Gasteiger partial charge in [-0.05, 0) is 36.8 Å². The van der Waals surface area contributed by atoms with Crippen LogP contribution in [0.3, 0.4) is 0 Å². The summed E-state index contributed by atoms with van der Waals surface area (Å²) in [4.78, 5) is 22.9. The first-order chi connectivity index (χ1) is 12.5. The molecule has 0 unspecified atom stereocenters. The van der Waals surface area contributed by atoms with Crippen LogP contribution in [0.25, 0.3) is 17.1 Å². The van der Waals surface area contributed by atoms with E-state index in [1.165, 1.54) is 16.8 Å². The van der Waals surface area contributed by atoms with Crippen LogP contribution in [0, 0.1) is 10.1 Å². The number of nitro benzene ring substituents is 1. The molecule has 0 spiro atoms. The average molecular weight is 353 g/mol. The Hall–Kier alpha value is -3.42. The van der Waals surface area contributed by atoms with Gasteiger partial charge in [-0.1, -0.05) is 6.92 Å². The first-order valence-electron chi connectivity index (χ1n) is 8.26. The zero-order valence-electron chi connectivity index (χ0n) is 14.5. The summed E-state index contributed by atoms with van der Waals surface area (Å²) in [6, 6.07) is 11.5. The molecule has 0 saturated carbocycles. The van der Waals surface area contributed by atoms with Gasteiger partial charge in [-0.2, -0.15) is 5.10 Å². The number of rotatable bonds is 6. The molecule has 8 heteroatoms. The van der Waals surface area contributed by atoms with E-state index in [0.29, 0.717) is 23.6 Å². The third-order valence-electron chi connectivity index (χ3n) is 3.99. The summed E-state index contributed by atoms with van der Waals surface area (Å²) in [6.07, 6.45) is 2.72. The Morgan fingerprint density at radius 2 is 2.00 bits per heavy atom. The number of aromatic nitrogens is 3. The predicted octanol–water partition coefficient (Wildman–Crippen LogP) is 2.93. The van der Waals surface area contributed by atoms with Crippen molar-refractivity contribution in [1.29, 1.82) is 0 Å². The first-order valence-corrected chi connectivity index (χ1v) is 8.26. The van der Waals surface area contributed by atoms with E-state index in [1.54, 1.807) is 18.2 Å². The van der Waals surface area contributed by atoms with Crippen LogP contribution < -0.4 is 5.32 Å². The third kappa shape index (κ3) is 3.34. The fourth-order valence-electron chi connectivity index (χ4n) is 2.64. The van der Waals surface area contributed by atoms with Gasteiger partial charge in [0.05, 0.1) is 16.3 Å². The Kier molecular flexibility index (Phi) is 4.83. The van der Waals surface area contributed by atoms with Crippen molar-refractivity contribution < 1.29 is 9.72 Å². The molecule has 2 aromatic heterocycles. The van der Waals surface area contributed by atoms with Gasteiger partial charge in [0, 0.05) is 31.9 Å². The minimum absolute atomic E-state index is 0.0134. The average Bonchev–Trinajstić information content (AvgIpc) is 3.25. The van der Waals surface area contributed by atoms with Gasteiger partial charge >= 0.3 is 0 Å². The minimum Gasteiger partial charge on any atom is -0.351 e. The second-order valence-corrected chi connectivity index (χ2v) is 5.86. The summed E-state index contributed by atoms with van der Waals surface area (Å²) < 4.78 is 3.42. The molecular formula is C18H19N5O3. The SMILES string of the molecule is CCCNC(=O)c1cc(-c2cccn2C)nn1-c1ccc([N+](=O)[O-])cc1. The standard InChI is InChI=1S/C18H19N5O3/c1-3-10-19-18(24)17-12-15(16-5-4-11-21(16)2)20-22(17)13-6-8-14(9-7-13)23(25)26/h4-9,11-12H,3,10H2,1-2H3,(H,19,24). The van der Waals surface area contributed by atoms with E-state index in [9.17, 15) is 14.9 Å². The van der Waals surface area contributed by atoms with Gasteiger partial charge in [0.2, 0.25) is 0 Å². The normalized spacial score (nSPS) is 10.7. The quantitative estimate of drug-likeness (QED) is 0.544. The Bertz CT molecular complexity index is 940. The van der Waals surface area contributed by atoms with Crippen molar-refractivity contribution in [2.45, 2.75) is 13.3 Å². The molecule has 0 radical (unpaired) electrons. The number of amides is 1. The van der Waals surface area contributed by atoms with Crippen molar-refractivity contribution in [3.8, 4) is 17.1 Å². The van der Waals surface area contributed by atoms with Crippen LogP contribution in [0.4, 0.5) is 5.69 Å². The zero-order chi connectivity index (χ0) is 18.7. The maximum atomic E-state index is 12.6. The molecule has 26 heavy (non-hydrogen) atoms. The zero-order valence-corrected chi connectivity index (χ0v) is 14.5. The lowest BCUT2D eigenvalue weighted by Gasteiger charge is -2.07. The number of nitrogens with one attached hydrogen (secondary N) is 1. The van der Waals surface area contributed by atoms with Crippen molar-refractivity contribution in [3.63, 3.8) is 0 Å². The number of carbonyl (C=O) groups excluding carboxylic acids is 1. The van der Waals surface area contributed by atoms with Gasteiger partial charge < -0.3 is 9.88 Å². The topological polar surface area (TPSA) is 95.0 Å². The number of hydrogen-bond acceptors (Lipinski definition) is 4. The Morgan fingerprint density at radius 1 is 1.27 bits per heavy atom. The van der Waals surface area contributed by atoms with Crippen molar-refractivity contribution in [2.24, 2.45) is 7.05 Å². The van der Waals surface area contributed by atoms with Gasteiger partial charge in [0.25, 0.3) is 11.6 Å². The summed E-state index contributed by atoms with van der Waals surface area (Å²) in [5, 5.41) is 18.3. The number of hydrogen-bond donors (Lipinski definition) is 1. The molecule has 3 aromatic rings. The van der Waals surface area contributed by atoms with E-state index in [0.717, 1.165) is 12.1 Å². The molecule has 3 rings (SSSR count). The van der Waals surface area contributed by atoms with Gasteiger partial charge in [-0.15, -0.1) is 0 Å². The van der Waals surface area contributed by atoms with Crippen LogP contribution in [-0.4, -0.2) is 31.7 Å². The fourth-order valence-corrected chi connectivity index (χ4v) is 2.64. The summed E-state index contributed by atoms with van der Waals surface area (Å²) in [6.45, 7) is 2.53. The molecule has 0 aliphatic heterocycles. The number of carbonyl (C=O) groups is 1. The van der Waals surface area contributed by atoms with Crippen LogP contribution in [-0.2, 0) is 7.05 Å². The molecule has 8 nitrogen and oxygen atoms in total. The lowest BCUT2D eigenvalue weighted by molar-refractivity contribution is -0.384. The highest BCUT2D eigenvalue weighted by molar-refractivity contribution is 5.94. The van der Waals surface area contributed by atoms with Crippen LogP contribution in [0.1, 0.15) is 23.8 Å². The molecule has 0 fully saturated rings. The van der Waals surface area contributed by atoms with E-state index in [2.05, 4.69) is 10.4 Å². The van der Waals surface area contributed by atoms with Gasteiger partial charge in [0.1, 0.15) is 11.4 Å². The van der Waals surface area contributed by atoms with Gasteiger partial charge in [0.15, 0.2) is 0 Å². The van der Waals surface area contributed by atoms with Crippen molar-refractivity contribution in [3.05, 3.63) is 64.5 Å². The highest BCUT2D eigenvalue weighted by Crippen LogP contribution is 2.23. The van der Waals surface area contributed by atoms with Crippen LogP contribution >= 0.6 is 0 Å². The van der Waals surface area contributed by atoms with E-state index < -0.39 is 4.92 Å². The summed E-state index contributed by atoms with van der Waals surface area (Å²) >= 11 is 0. The second kappa shape index (κ2) is 7.22. The molecule has 0 aliphatic carbocycles. The minimum atomic E-state index is -0.461. The van der Waals surface area contributed by atoms with Crippen LogP contribution in [0.2, 0.25) is 0 Å². The molecule has 2 heterocycles. The predicted molar refractivity (Wildman–Crippen MR) is 97.2 cm³/mol. The lowest BCUT2D eigenvalue weighted by atomic mass is 10.2. The fraction of sp³-hybridized carbons (Fsp3) is 0.222. The number of non-ortho nitro benzene ring substituents is 1. The molecule has 0 atom stereocenters. The van der Waals surface area contributed by atoms with Crippen molar-refractivity contribution in [2.75, 3.05) is 6.54 Å².